The number of carbonyl (C=O) groups is 1. The Morgan fingerprint density at radius 2 is 2.16 bits per heavy atom. The smallest absolute Gasteiger partial charge is 0.342 e. The SMILES string of the molecule is COC(=O)c1c(-c2cccnc2)cc(C)n2nc(CCN(C)C)nc12. The Labute approximate surface area is 146 Å². The van der Waals surface area contributed by atoms with Gasteiger partial charge in [0.05, 0.1) is 7.11 Å². The molecule has 0 radical (unpaired) electrons. The van der Waals surface area contributed by atoms with Gasteiger partial charge in [-0.15, -0.1) is 0 Å². The summed E-state index contributed by atoms with van der Waals surface area (Å²) < 4.78 is 6.71. The summed E-state index contributed by atoms with van der Waals surface area (Å²) in [5.41, 5.74) is 3.40. The van der Waals surface area contributed by atoms with E-state index in [1.54, 1.807) is 16.9 Å². The van der Waals surface area contributed by atoms with Gasteiger partial charge in [0.15, 0.2) is 11.5 Å². The first-order chi connectivity index (χ1) is 12.0. The van der Waals surface area contributed by atoms with Crippen molar-refractivity contribution in [2.24, 2.45) is 0 Å². The molecule has 0 aliphatic carbocycles. The largest absolute Gasteiger partial charge is 0.465 e. The van der Waals surface area contributed by atoms with Gasteiger partial charge in [-0.25, -0.2) is 14.3 Å². The van der Waals surface area contributed by atoms with E-state index in [9.17, 15) is 4.79 Å². The molecule has 3 aromatic heterocycles. The molecular weight excluding hydrogens is 318 g/mol. The van der Waals surface area contributed by atoms with Gasteiger partial charge in [0.2, 0.25) is 0 Å². The molecule has 0 fully saturated rings. The molecular formula is C18H21N5O2. The van der Waals surface area contributed by atoms with Gasteiger partial charge in [0, 0.05) is 42.2 Å². The second kappa shape index (κ2) is 6.98. The summed E-state index contributed by atoms with van der Waals surface area (Å²) in [4.78, 5) is 23.3. The Hall–Kier alpha value is -2.80. The zero-order chi connectivity index (χ0) is 18.0. The molecule has 25 heavy (non-hydrogen) atoms. The highest BCUT2D eigenvalue weighted by molar-refractivity contribution is 6.03. The molecule has 3 rings (SSSR count). The van der Waals surface area contributed by atoms with Crippen LogP contribution < -0.4 is 0 Å². The van der Waals surface area contributed by atoms with Crippen molar-refractivity contribution in [2.45, 2.75) is 13.3 Å². The Morgan fingerprint density at radius 3 is 2.80 bits per heavy atom. The van der Waals surface area contributed by atoms with Crippen molar-refractivity contribution in [3.8, 4) is 11.1 Å². The van der Waals surface area contributed by atoms with E-state index in [0.717, 1.165) is 23.4 Å². The number of rotatable bonds is 5. The Bertz CT molecular complexity index is 903. The average Bonchev–Trinajstić information content (AvgIpc) is 3.04. The molecule has 3 heterocycles. The lowest BCUT2D eigenvalue weighted by Crippen LogP contribution is -2.15. The number of pyridine rings is 2. The van der Waals surface area contributed by atoms with Crippen LogP contribution in [0, 0.1) is 6.92 Å². The number of aryl methyl sites for hydroxylation is 1. The van der Waals surface area contributed by atoms with Crippen molar-refractivity contribution in [1.82, 2.24) is 24.5 Å². The van der Waals surface area contributed by atoms with Crippen LogP contribution in [0.3, 0.4) is 0 Å². The topological polar surface area (TPSA) is 72.6 Å². The standard InChI is InChI=1S/C18H21N5O2/c1-12-10-14(13-6-5-8-19-11-13)16(18(24)25-4)17-20-15(21-23(12)17)7-9-22(2)3/h5-6,8,10-11H,7,9H2,1-4H3. The Kier molecular flexibility index (Phi) is 4.76. The van der Waals surface area contributed by atoms with Crippen LogP contribution in [0.15, 0.2) is 30.6 Å². The lowest BCUT2D eigenvalue weighted by atomic mass is 10.0. The van der Waals surface area contributed by atoms with Crippen LogP contribution in [0.2, 0.25) is 0 Å². The maximum Gasteiger partial charge on any atom is 0.342 e. The number of fused-ring (bicyclic) bond motifs is 1. The molecule has 0 spiro atoms. The molecule has 0 aliphatic heterocycles. The minimum absolute atomic E-state index is 0.407. The van der Waals surface area contributed by atoms with E-state index < -0.39 is 5.97 Å². The molecule has 130 valence electrons. The third-order valence-corrected chi connectivity index (χ3v) is 3.98. The van der Waals surface area contributed by atoms with Gasteiger partial charge in [-0.3, -0.25) is 4.98 Å². The number of hydrogen-bond acceptors (Lipinski definition) is 6. The van der Waals surface area contributed by atoms with Gasteiger partial charge in [-0.2, -0.15) is 5.10 Å². The fraction of sp³-hybridized carbons (Fsp3) is 0.333. The predicted octanol–water partition coefficient (Wildman–Crippen LogP) is 1.99. The minimum atomic E-state index is -0.435. The fourth-order valence-electron chi connectivity index (χ4n) is 2.71. The number of esters is 1. The highest BCUT2D eigenvalue weighted by Gasteiger charge is 2.22. The highest BCUT2D eigenvalue weighted by Crippen LogP contribution is 2.28. The van der Waals surface area contributed by atoms with Crippen molar-refractivity contribution in [3.63, 3.8) is 0 Å². The third-order valence-electron chi connectivity index (χ3n) is 3.98. The molecule has 0 aromatic carbocycles. The fourth-order valence-corrected chi connectivity index (χ4v) is 2.71. The first-order valence-electron chi connectivity index (χ1n) is 8.04. The van der Waals surface area contributed by atoms with Crippen LogP contribution in [0.4, 0.5) is 0 Å². The summed E-state index contributed by atoms with van der Waals surface area (Å²) in [6.45, 7) is 2.78. The molecule has 0 saturated heterocycles. The van der Waals surface area contributed by atoms with E-state index in [1.165, 1.54) is 7.11 Å². The van der Waals surface area contributed by atoms with Crippen LogP contribution in [-0.4, -0.2) is 58.2 Å². The average molecular weight is 339 g/mol. The van der Waals surface area contributed by atoms with Gasteiger partial charge in [0.25, 0.3) is 0 Å². The van der Waals surface area contributed by atoms with E-state index in [4.69, 9.17) is 4.74 Å². The molecule has 7 heteroatoms. The minimum Gasteiger partial charge on any atom is -0.465 e. The molecule has 0 N–H and O–H groups in total. The second-order valence-corrected chi connectivity index (χ2v) is 6.12. The Morgan fingerprint density at radius 1 is 1.36 bits per heavy atom. The van der Waals surface area contributed by atoms with Crippen molar-refractivity contribution >= 4 is 11.6 Å². The molecule has 3 aromatic rings. The third kappa shape index (κ3) is 3.36. The molecule has 0 bridgehead atoms. The van der Waals surface area contributed by atoms with Gasteiger partial charge >= 0.3 is 5.97 Å². The van der Waals surface area contributed by atoms with Crippen LogP contribution in [0.5, 0.6) is 0 Å². The van der Waals surface area contributed by atoms with E-state index in [-0.39, 0.29) is 0 Å². The van der Waals surface area contributed by atoms with Crippen LogP contribution in [-0.2, 0) is 11.2 Å². The van der Waals surface area contributed by atoms with Crippen molar-refractivity contribution in [3.05, 3.63) is 47.7 Å². The maximum absolute atomic E-state index is 12.5. The summed E-state index contributed by atoms with van der Waals surface area (Å²) in [7, 11) is 5.37. The summed E-state index contributed by atoms with van der Waals surface area (Å²) in [5.74, 6) is 0.265. The zero-order valence-corrected chi connectivity index (χ0v) is 14.9. The van der Waals surface area contributed by atoms with Gasteiger partial charge in [0.1, 0.15) is 5.56 Å². The molecule has 0 aliphatic rings. The first-order valence-corrected chi connectivity index (χ1v) is 8.04. The molecule has 0 unspecified atom stereocenters. The monoisotopic (exact) mass is 339 g/mol. The highest BCUT2D eigenvalue weighted by atomic mass is 16.5. The van der Waals surface area contributed by atoms with Gasteiger partial charge in [-0.05, 0) is 33.2 Å². The number of ether oxygens (including phenoxy) is 1. The number of carbonyl (C=O) groups excluding carboxylic acids is 1. The Balaban J connectivity index is 2.21. The first kappa shape index (κ1) is 17.0. The molecule has 7 nitrogen and oxygen atoms in total. The maximum atomic E-state index is 12.5. The summed E-state index contributed by atoms with van der Waals surface area (Å²) >= 11 is 0. The molecule has 0 atom stereocenters. The predicted molar refractivity (Wildman–Crippen MR) is 94.6 cm³/mol. The zero-order valence-electron chi connectivity index (χ0n) is 14.9. The van der Waals surface area contributed by atoms with Crippen LogP contribution >= 0.6 is 0 Å². The van der Waals surface area contributed by atoms with Crippen molar-refractivity contribution < 1.29 is 9.53 Å². The summed E-state index contributed by atoms with van der Waals surface area (Å²) in [5, 5.41) is 4.55. The summed E-state index contributed by atoms with van der Waals surface area (Å²) in [6, 6.07) is 5.66. The normalized spacial score (nSPS) is 11.2. The number of aromatic nitrogens is 4. The lowest BCUT2D eigenvalue weighted by molar-refractivity contribution is 0.0603. The number of nitrogens with zero attached hydrogens (tertiary/aromatic N) is 5. The van der Waals surface area contributed by atoms with Gasteiger partial charge in [-0.1, -0.05) is 6.07 Å². The van der Waals surface area contributed by atoms with Crippen molar-refractivity contribution in [1.29, 1.82) is 0 Å². The quantitative estimate of drug-likeness (QED) is 0.662. The lowest BCUT2D eigenvalue weighted by Gasteiger charge is -2.11. The van der Waals surface area contributed by atoms with Crippen LogP contribution in [0.25, 0.3) is 16.8 Å². The summed E-state index contributed by atoms with van der Waals surface area (Å²) in [6.07, 6.45) is 4.13. The molecule has 0 saturated carbocycles. The van der Waals surface area contributed by atoms with E-state index >= 15 is 0 Å². The number of methoxy groups -OCH3 is 1. The number of likely N-dealkylation sites (N-methyl/N-ethyl adjacent to an activating group) is 1. The second-order valence-electron chi connectivity index (χ2n) is 6.12. The molecule has 0 amide bonds. The van der Waals surface area contributed by atoms with Crippen molar-refractivity contribution in [2.75, 3.05) is 27.7 Å². The van der Waals surface area contributed by atoms with Crippen LogP contribution in [0.1, 0.15) is 21.9 Å². The van der Waals surface area contributed by atoms with Gasteiger partial charge < -0.3 is 9.64 Å². The number of hydrogen-bond donors (Lipinski definition) is 0. The van der Waals surface area contributed by atoms with E-state index in [1.807, 2.05) is 39.2 Å². The van der Waals surface area contributed by atoms with E-state index in [0.29, 0.717) is 23.5 Å². The van der Waals surface area contributed by atoms with E-state index in [2.05, 4.69) is 20.0 Å².